The lowest BCUT2D eigenvalue weighted by Gasteiger charge is -2.10. The quantitative estimate of drug-likeness (QED) is 0.793. The fraction of sp³-hybridized carbons (Fsp3) is 0.235. The van der Waals surface area contributed by atoms with E-state index in [1.165, 1.54) is 0 Å². The summed E-state index contributed by atoms with van der Waals surface area (Å²) in [5.74, 6) is -0.342. The minimum absolute atomic E-state index is 0.148. The number of benzene rings is 1. The molecule has 2 rings (SSSR count). The van der Waals surface area contributed by atoms with Gasteiger partial charge in [-0.1, -0.05) is 30.3 Å². The maximum absolute atomic E-state index is 11.4. The van der Waals surface area contributed by atoms with E-state index in [9.17, 15) is 10.1 Å². The van der Waals surface area contributed by atoms with Crippen LogP contribution in [0.4, 0.5) is 0 Å². The first-order chi connectivity index (χ1) is 10.7. The van der Waals surface area contributed by atoms with Crippen LogP contribution < -0.4 is 4.74 Å². The fourth-order valence-corrected chi connectivity index (χ4v) is 1.97. The summed E-state index contributed by atoms with van der Waals surface area (Å²) in [6, 6.07) is 13.5. The van der Waals surface area contributed by atoms with Gasteiger partial charge in [0, 0.05) is 5.56 Å². The van der Waals surface area contributed by atoms with Crippen molar-refractivity contribution in [3.8, 4) is 23.2 Å². The highest BCUT2D eigenvalue weighted by Gasteiger charge is 2.14. The number of esters is 1. The van der Waals surface area contributed by atoms with Crippen LogP contribution >= 0.6 is 0 Å². The molecule has 0 atom stereocenters. The maximum Gasteiger partial charge on any atom is 0.344 e. The molecule has 0 radical (unpaired) electrons. The molecule has 0 aliphatic carbocycles. The Balaban J connectivity index is 2.33. The van der Waals surface area contributed by atoms with E-state index >= 15 is 0 Å². The molecule has 22 heavy (non-hydrogen) atoms. The van der Waals surface area contributed by atoms with Gasteiger partial charge in [-0.25, -0.2) is 9.78 Å². The van der Waals surface area contributed by atoms with Gasteiger partial charge in [0.15, 0.2) is 6.61 Å². The van der Waals surface area contributed by atoms with Crippen molar-refractivity contribution in [1.82, 2.24) is 4.98 Å². The molecule has 2 aromatic rings. The predicted molar refractivity (Wildman–Crippen MR) is 81.3 cm³/mol. The molecule has 1 aromatic heterocycles. The van der Waals surface area contributed by atoms with Crippen LogP contribution in [0, 0.1) is 18.3 Å². The second-order valence-corrected chi connectivity index (χ2v) is 4.58. The van der Waals surface area contributed by atoms with Crippen LogP contribution in [-0.2, 0) is 9.53 Å². The minimum Gasteiger partial charge on any atom is -0.465 e. The number of rotatable bonds is 5. The first kappa shape index (κ1) is 15.5. The summed E-state index contributed by atoms with van der Waals surface area (Å²) in [5.41, 5.74) is 2.67. The molecule has 1 aromatic carbocycles. The van der Waals surface area contributed by atoms with Gasteiger partial charge in [-0.2, -0.15) is 5.26 Å². The predicted octanol–water partition coefficient (Wildman–Crippen LogP) is 2.87. The summed E-state index contributed by atoms with van der Waals surface area (Å²) < 4.78 is 10.2. The normalized spacial score (nSPS) is 9.86. The van der Waals surface area contributed by atoms with Gasteiger partial charge in [0.25, 0.3) is 0 Å². The van der Waals surface area contributed by atoms with Gasteiger partial charge in [0.05, 0.1) is 12.3 Å². The Kier molecular flexibility index (Phi) is 5.10. The number of hydrogen-bond acceptors (Lipinski definition) is 5. The molecular weight excluding hydrogens is 280 g/mol. The lowest BCUT2D eigenvalue weighted by molar-refractivity contribution is -0.145. The van der Waals surface area contributed by atoms with Crippen molar-refractivity contribution >= 4 is 5.97 Å². The lowest BCUT2D eigenvalue weighted by atomic mass is 10.1. The SMILES string of the molecule is CCOC(=O)COc1nc(-c2ccccc2)cc(C)c1C#N. The second kappa shape index (κ2) is 7.23. The van der Waals surface area contributed by atoms with E-state index in [1.54, 1.807) is 6.92 Å². The van der Waals surface area contributed by atoms with Crippen molar-refractivity contribution in [3.05, 3.63) is 47.5 Å². The summed E-state index contributed by atoms with van der Waals surface area (Å²) >= 11 is 0. The van der Waals surface area contributed by atoms with E-state index in [0.717, 1.165) is 11.1 Å². The Hall–Kier alpha value is -2.87. The Morgan fingerprint density at radius 1 is 1.32 bits per heavy atom. The van der Waals surface area contributed by atoms with Crippen LogP contribution in [0.25, 0.3) is 11.3 Å². The molecule has 0 amide bonds. The molecule has 0 spiro atoms. The summed E-state index contributed by atoms with van der Waals surface area (Å²) in [6.07, 6.45) is 0. The molecule has 0 fully saturated rings. The molecule has 5 heteroatoms. The fourth-order valence-electron chi connectivity index (χ4n) is 1.97. The number of carbonyl (C=O) groups is 1. The van der Waals surface area contributed by atoms with Crippen molar-refractivity contribution in [3.63, 3.8) is 0 Å². The van der Waals surface area contributed by atoms with E-state index in [-0.39, 0.29) is 19.1 Å². The molecular formula is C17H16N2O3. The highest BCUT2D eigenvalue weighted by Crippen LogP contribution is 2.26. The highest BCUT2D eigenvalue weighted by atomic mass is 16.6. The van der Waals surface area contributed by atoms with Crippen LogP contribution in [0.5, 0.6) is 5.88 Å². The average molecular weight is 296 g/mol. The number of nitriles is 1. The van der Waals surface area contributed by atoms with Crippen LogP contribution in [-0.4, -0.2) is 24.2 Å². The van der Waals surface area contributed by atoms with Crippen molar-refractivity contribution in [2.45, 2.75) is 13.8 Å². The molecule has 0 unspecified atom stereocenters. The molecule has 1 heterocycles. The topological polar surface area (TPSA) is 72.2 Å². The number of nitrogens with zero attached hydrogens (tertiary/aromatic N) is 2. The third-order valence-electron chi connectivity index (χ3n) is 3.00. The number of pyridine rings is 1. The summed E-state index contributed by atoms with van der Waals surface area (Å²) in [5, 5.41) is 9.24. The molecule has 5 nitrogen and oxygen atoms in total. The van der Waals surface area contributed by atoms with Crippen molar-refractivity contribution in [2.24, 2.45) is 0 Å². The molecule has 0 saturated heterocycles. The lowest BCUT2D eigenvalue weighted by Crippen LogP contribution is -2.16. The largest absolute Gasteiger partial charge is 0.465 e. The zero-order chi connectivity index (χ0) is 15.9. The monoisotopic (exact) mass is 296 g/mol. The second-order valence-electron chi connectivity index (χ2n) is 4.58. The van der Waals surface area contributed by atoms with E-state index in [4.69, 9.17) is 9.47 Å². The van der Waals surface area contributed by atoms with Crippen LogP contribution in [0.3, 0.4) is 0 Å². The Labute approximate surface area is 129 Å². The maximum atomic E-state index is 11.4. The van der Waals surface area contributed by atoms with Gasteiger partial charge >= 0.3 is 5.97 Å². The van der Waals surface area contributed by atoms with Crippen LogP contribution in [0.15, 0.2) is 36.4 Å². The highest BCUT2D eigenvalue weighted by molar-refractivity contribution is 5.71. The van der Waals surface area contributed by atoms with Crippen LogP contribution in [0.2, 0.25) is 0 Å². The molecule has 0 saturated carbocycles. The average Bonchev–Trinajstić information content (AvgIpc) is 2.53. The van der Waals surface area contributed by atoms with E-state index in [1.807, 2.05) is 43.3 Å². The summed E-state index contributed by atoms with van der Waals surface area (Å²) in [7, 11) is 0. The number of aromatic nitrogens is 1. The Morgan fingerprint density at radius 2 is 2.05 bits per heavy atom. The van der Waals surface area contributed by atoms with Gasteiger partial charge in [-0.3, -0.25) is 0 Å². The molecule has 0 bridgehead atoms. The number of ether oxygens (including phenoxy) is 2. The smallest absolute Gasteiger partial charge is 0.344 e. The first-order valence-corrected chi connectivity index (χ1v) is 6.91. The van der Waals surface area contributed by atoms with Crippen LogP contribution in [0.1, 0.15) is 18.1 Å². The molecule has 0 aliphatic heterocycles. The van der Waals surface area contributed by atoms with Crippen molar-refractivity contribution < 1.29 is 14.3 Å². The number of carbonyl (C=O) groups excluding carboxylic acids is 1. The van der Waals surface area contributed by atoms with Crippen molar-refractivity contribution in [2.75, 3.05) is 13.2 Å². The third kappa shape index (κ3) is 3.61. The van der Waals surface area contributed by atoms with E-state index in [0.29, 0.717) is 11.3 Å². The molecule has 112 valence electrons. The molecule has 0 aliphatic rings. The van der Waals surface area contributed by atoms with Gasteiger partial charge < -0.3 is 9.47 Å². The summed E-state index contributed by atoms with van der Waals surface area (Å²) in [6.45, 7) is 3.54. The van der Waals surface area contributed by atoms with E-state index < -0.39 is 5.97 Å². The van der Waals surface area contributed by atoms with Gasteiger partial charge in [-0.05, 0) is 25.5 Å². The van der Waals surface area contributed by atoms with Gasteiger partial charge in [-0.15, -0.1) is 0 Å². The standard InChI is InChI=1S/C17H16N2O3/c1-3-21-16(20)11-22-17-14(10-18)12(2)9-15(19-17)13-7-5-4-6-8-13/h4-9H,3,11H2,1-2H3. The minimum atomic E-state index is -0.490. The van der Waals surface area contributed by atoms with Crippen molar-refractivity contribution in [1.29, 1.82) is 5.26 Å². The summed E-state index contributed by atoms with van der Waals surface area (Å²) in [4.78, 5) is 15.8. The number of hydrogen-bond donors (Lipinski definition) is 0. The number of aryl methyl sites for hydroxylation is 1. The first-order valence-electron chi connectivity index (χ1n) is 6.91. The zero-order valence-corrected chi connectivity index (χ0v) is 12.5. The third-order valence-corrected chi connectivity index (χ3v) is 3.00. The Bertz CT molecular complexity index is 706. The van der Waals surface area contributed by atoms with Gasteiger partial charge in [0.2, 0.25) is 5.88 Å². The molecule has 0 N–H and O–H groups in total. The Morgan fingerprint density at radius 3 is 2.68 bits per heavy atom. The van der Waals surface area contributed by atoms with E-state index in [2.05, 4.69) is 11.1 Å². The zero-order valence-electron chi connectivity index (χ0n) is 12.5. The van der Waals surface area contributed by atoms with Gasteiger partial charge in [0.1, 0.15) is 11.6 Å².